The van der Waals surface area contributed by atoms with Crippen molar-refractivity contribution in [2.45, 2.75) is 20.3 Å². The van der Waals surface area contributed by atoms with E-state index >= 15 is 0 Å². The average molecular weight is 307 g/mol. The molecule has 0 spiro atoms. The minimum Gasteiger partial charge on any atom is -0.490 e. The summed E-state index contributed by atoms with van der Waals surface area (Å²) in [6.07, 6.45) is 1.92. The summed E-state index contributed by atoms with van der Waals surface area (Å²) in [6.45, 7) is 4.66. The number of rotatable bonds is 6. The van der Waals surface area contributed by atoms with E-state index in [-0.39, 0.29) is 5.69 Å². The van der Waals surface area contributed by atoms with Gasteiger partial charge in [-0.25, -0.2) is 4.79 Å². The van der Waals surface area contributed by atoms with E-state index in [1.807, 2.05) is 6.92 Å². The van der Waals surface area contributed by atoms with Gasteiger partial charge >= 0.3 is 5.97 Å². The fraction of sp³-hybridized carbons (Fsp3) is 0.400. The molecule has 7 heteroatoms. The first-order chi connectivity index (χ1) is 10.6. The van der Waals surface area contributed by atoms with Crippen LogP contribution in [0.5, 0.6) is 11.5 Å². The Hall–Kier alpha value is -2.57. The molecular formula is C15H17NO6. The molecule has 1 aliphatic rings. The predicted octanol–water partition coefficient (Wildman–Crippen LogP) is 2.72. The maximum Gasteiger partial charge on any atom is 0.334 e. The van der Waals surface area contributed by atoms with E-state index in [1.165, 1.54) is 18.2 Å². The quantitative estimate of drug-likeness (QED) is 0.347. The lowest BCUT2D eigenvalue weighted by molar-refractivity contribution is -0.385. The zero-order chi connectivity index (χ0) is 16.1. The molecule has 0 unspecified atom stereocenters. The van der Waals surface area contributed by atoms with Crippen molar-refractivity contribution < 1.29 is 23.9 Å². The number of esters is 1. The van der Waals surface area contributed by atoms with Gasteiger partial charge < -0.3 is 14.2 Å². The Labute approximate surface area is 127 Å². The van der Waals surface area contributed by atoms with Gasteiger partial charge in [0.05, 0.1) is 36.4 Å². The van der Waals surface area contributed by atoms with Gasteiger partial charge in [0.25, 0.3) is 5.69 Å². The van der Waals surface area contributed by atoms with Gasteiger partial charge in [-0.05, 0) is 26.0 Å². The Morgan fingerprint density at radius 1 is 1.27 bits per heavy atom. The molecule has 2 rings (SSSR count). The molecule has 1 aromatic rings. The summed E-state index contributed by atoms with van der Waals surface area (Å²) in [4.78, 5) is 22.3. The number of carbonyl (C=O) groups excluding carboxylic acids is 1. The minimum absolute atomic E-state index is 0.140. The van der Waals surface area contributed by atoms with Crippen LogP contribution in [-0.4, -0.2) is 30.7 Å². The maximum absolute atomic E-state index is 11.5. The van der Waals surface area contributed by atoms with Gasteiger partial charge in [0.15, 0.2) is 11.5 Å². The van der Waals surface area contributed by atoms with Crippen LogP contribution in [0.25, 0.3) is 6.08 Å². The Morgan fingerprint density at radius 3 is 2.41 bits per heavy atom. The highest BCUT2D eigenvalue weighted by Gasteiger charge is 2.23. The second-order valence-electron chi connectivity index (χ2n) is 4.54. The fourth-order valence-electron chi connectivity index (χ4n) is 2.14. The number of hydrogen-bond acceptors (Lipinski definition) is 6. The minimum atomic E-state index is -0.509. The Kier molecular flexibility index (Phi) is 4.98. The highest BCUT2D eigenvalue weighted by Crippen LogP contribution is 2.36. The lowest BCUT2D eigenvalue weighted by Gasteiger charge is -2.12. The Balaban J connectivity index is 2.52. The average Bonchev–Trinajstić information content (AvgIpc) is 2.87. The SMILES string of the molecule is CCOc1cc(/C=C2\CCOC2=O)c([N+](=O)[O-])cc1OCC. The normalized spacial score (nSPS) is 15.7. The molecule has 22 heavy (non-hydrogen) atoms. The summed E-state index contributed by atoms with van der Waals surface area (Å²) in [7, 11) is 0. The molecule has 0 atom stereocenters. The van der Waals surface area contributed by atoms with Crippen molar-refractivity contribution >= 4 is 17.7 Å². The molecule has 1 saturated heterocycles. The number of nitrogens with zero attached hydrogens (tertiary/aromatic N) is 1. The van der Waals surface area contributed by atoms with Crippen LogP contribution in [0.15, 0.2) is 17.7 Å². The van der Waals surface area contributed by atoms with Crippen molar-refractivity contribution in [1.82, 2.24) is 0 Å². The molecule has 1 fully saturated rings. The van der Waals surface area contributed by atoms with Crippen LogP contribution >= 0.6 is 0 Å². The van der Waals surface area contributed by atoms with Crippen LogP contribution < -0.4 is 9.47 Å². The number of nitro groups is 1. The van der Waals surface area contributed by atoms with Crippen LogP contribution in [0, 0.1) is 10.1 Å². The molecule has 7 nitrogen and oxygen atoms in total. The van der Waals surface area contributed by atoms with Crippen molar-refractivity contribution in [2.24, 2.45) is 0 Å². The molecule has 0 amide bonds. The monoisotopic (exact) mass is 307 g/mol. The smallest absolute Gasteiger partial charge is 0.334 e. The second-order valence-corrected chi connectivity index (χ2v) is 4.54. The summed E-state index contributed by atoms with van der Waals surface area (Å²) in [5, 5.41) is 11.3. The van der Waals surface area contributed by atoms with Gasteiger partial charge in [0.1, 0.15) is 0 Å². The molecular weight excluding hydrogens is 290 g/mol. The molecule has 1 aliphatic heterocycles. The topological polar surface area (TPSA) is 87.9 Å². The van der Waals surface area contributed by atoms with E-state index in [0.29, 0.717) is 48.9 Å². The van der Waals surface area contributed by atoms with Gasteiger partial charge in [0, 0.05) is 12.0 Å². The van der Waals surface area contributed by atoms with Gasteiger partial charge in [-0.3, -0.25) is 10.1 Å². The third kappa shape index (κ3) is 3.36. The fourth-order valence-corrected chi connectivity index (χ4v) is 2.14. The molecule has 1 heterocycles. The van der Waals surface area contributed by atoms with E-state index in [9.17, 15) is 14.9 Å². The van der Waals surface area contributed by atoms with E-state index < -0.39 is 10.9 Å². The van der Waals surface area contributed by atoms with Gasteiger partial charge in [-0.2, -0.15) is 0 Å². The van der Waals surface area contributed by atoms with E-state index in [1.54, 1.807) is 6.92 Å². The Morgan fingerprint density at radius 2 is 1.91 bits per heavy atom. The number of ether oxygens (including phenoxy) is 3. The van der Waals surface area contributed by atoms with Crippen molar-refractivity contribution in [3.8, 4) is 11.5 Å². The highest BCUT2D eigenvalue weighted by atomic mass is 16.6. The standard InChI is InChI=1S/C15H17NO6/c1-3-20-13-8-11(7-10-5-6-22-15(10)17)12(16(18)19)9-14(13)21-4-2/h7-9H,3-6H2,1-2H3/b10-7+. The van der Waals surface area contributed by atoms with E-state index in [4.69, 9.17) is 14.2 Å². The van der Waals surface area contributed by atoms with E-state index in [0.717, 1.165) is 0 Å². The molecule has 118 valence electrons. The van der Waals surface area contributed by atoms with E-state index in [2.05, 4.69) is 0 Å². The largest absolute Gasteiger partial charge is 0.490 e. The van der Waals surface area contributed by atoms with Crippen LogP contribution in [-0.2, 0) is 9.53 Å². The molecule has 0 bridgehead atoms. The zero-order valence-corrected chi connectivity index (χ0v) is 12.5. The number of cyclic esters (lactones) is 1. The molecule has 0 saturated carbocycles. The first-order valence-electron chi connectivity index (χ1n) is 7.02. The molecule has 0 N–H and O–H groups in total. The molecule has 0 radical (unpaired) electrons. The maximum atomic E-state index is 11.5. The summed E-state index contributed by atoms with van der Waals surface area (Å²) in [6, 6.07) is 2.84. The second kappa shape index (κ2) is 6.93. The number of benzene rings is 1. The first kappa shape index (κ1) is 15.8. The number of hydrogen-bond donors (Lipinski definition) is 0. The summed E-state index contributed by atoms with van der Waals surface area (Å²) in [5.41, 5.74) is 0.569. The van der Waals surface area contributed by atoms with Crippen molar-refractivity contribution in [3.05, 3.63) is 33.4 Å². The van der Waals surface area contributed by atoms with Crippen LogP contribution in [0.1, 0.15) is 25.8 Å². The van der Waals surface area contributed by atoms with Gasteiger partial charge in [-0.15, -0.1) is 0 Å². The van der Waals surface area contributed by atoms with Gasteiger partial charge in [0.2, 0.25) is 0 Å². The first-order valence-corrected chi connectivity index (χ1v) is 7.02. The highest BCUT2D eigenvalue weighted by molar-refractivity contribution is 5.96. The lowest BCUT2D eigenvalue weighted by Crippen LogP contribution is -2.02. The third-order valence-electron chi connectivity index (χ3n) is 3.09. The summed E-state index contributed by atoms with van der Waals surface area (Å²) in [5.74, 6) is 0.279. The molecule has 0 aliphatic carbocycles. The van der Waals surface area contributed by atoms with Crippen LogP contribution in [0.2, 0.25) is 0 Å². The summed E-state index contributed by atoms with van der Waals surface area (Å²) < 4.78 is 15.7. The van der Waals surface area contributed by atoms with Crippen LogP contribution in [0.4, 0.5) is 5.69 Å². The Bertz CT molecular complexity index is 623. The summed E-state index contributed by atoms with van der Waals surface area (Å²) >= 11 is 0. The number of nitro benzene ring substituents is 1. The predicted molar refractivity (Wildman–Crippen MR) is 79.0 cm³/mol. The lowest BCUT2D eigenvalue weighted by atomic mass is 10.1. The molecule has 0 aromatic heterocycles. The molecule has 1 aromatic carbocycles. The van der Waals surface area contributed by atoms with Crippen molar-refractivity contribution in [2.75, 3.05) is 19.8 Å². The third-order valence-corrected chi connectivity index (χ3v) is 3.09. The van der Waals surface area contributed by atoms with Crippen molar-refractivity contribution in [3.63, 3.8) is 0 Å². The van der Waals surface area contributed by atoms with Crippen molar-refractivity contribution in [1.29, 1.82) is 0 Å². The van der Waals surface area contributed by atoms with Crippen LogP contribution in [0.3, 0.4) is 0 Å². The zero-order valence-electron chi connectivity index (χ0n) is 12.5. The number of carbonyl (C=O) groups is 1. The van der Waals surface area contributed by atoms with Gasteiger partial charge in [-0.1, -0.05) is 0 Å².